The Kier molecular flexibility index (Phi) is 9.64. The maximum atomic E-state index is 5.64. The Hall–Kier alpha value is 0.310. The average molecular weight is 189 g/mol. The van der Waals surface area contributed by atoms with Crippen LogP contribution in [-0.4, -0.2) is 17.5 Å². The van der Waals surface area contributed by atoms with E-state index in [1.165, 1.54) is 43.6 Å². The molecule has 0 saturated carbocycles. The van der Waals surface area contributed by atoms with Gasteiger partial charge in [-0.15, -0.1) is 0 Å². The van der Waals surface area contributed by atoms with Gasteiger partial charge in [-0.3, -0.25) is 0 Å². The fourth-order valence-corrected chi connectivity index (χ4v) is 2.15. The zero-order chi connectivity index (χ0) is 9.23. The minimum absolute atomic E-state index is 0.383. The van der Waals surface area contributed by atoms with Crippen LogP contribution in [0, 0.1) is 0 Å². The van der Waals surface area contributed by atoms with Crippen LogP contribution in [0.4, 0.5) is 0 Å². The largest absolute Gasteiger partial charge is 0.328 e. The molecule has 0 spiro atoms. The molecule has 0 amide bonds. The van der Waals surface area contributed by atoms with Crippen molar-refractivity contribution in [2.24, 2.45) is 5.73 Å². The minimum atomic E-state index is 0.383. The van der Waals surface area contributed by atoms with Crippen LogP contribution in [0.15, 0.2) is 0 Å². The molecule has 1 atom stereocenters. The Balaban J connectivity index is 2.82. The van der Waals surface area contributed by atoms with Crippen LogP contribution in [0.5, 0.6) is 0 Å². The molecule has 0 aliphatic heterocycles. The summed E-state index contributed by atoms with van der Waals surface area (Å²) in [4.78, 5) is 0. The molecule has 2 heteroatoms. The van der Waals surface area contributed by atoms with Crippen molar-refractivity contribution in [1.82, 2.24) is 0 Å². The van der Waals surface area contributed by atoms with E-state index in [0.29, 0.717) is 6.04 Å². The summed E-state index contributed by atoms with van der Waals surface area (Å²) in [6.07, 6.45) is 6.69. The highest BCUT2D eigenvalue weighted by molar-refractivity contribution is 7.99. The molecule has 0 rings (SSSR count). The Morgan fingerprint density at radius 2 is 1.92 bits per heavy atom. The first-order valence-electron chi connectivity index (χ1n) is 5.10. The number of hydrogen-bond acceptors (Lipinski definition) is 2. The van der Waals surface area contributed by atoms with Crippen molar-refractivity contribution in [2.75, 3.05) is 11.5 Å². The van der Waals surface area contributed by atoms with Crippen molar-refractivity contribution in [3.8, 4) is 0 Å². The lowest BCUT2D eigenvalue weighted by Crippen LogP contribution is -2.15. The zero-order valence-electron chi connectivity index (χ0n) is 8.51. The quantitative estimate of drug-likeness (QED) is 0.594. The van der Waals surface area contributed by atoms with Crippen molar-refractivity contribution in [2.45, 2.75) is 52.0 Å². The maximum Gasteiger partial charge on any atom is 0.00183 e. The third-order valence-electron chi connectivity index (χ3n) is 1.86. The predicted octanol–water partition coefficient (Wildman–Crippen LogP) is 3.04. The minimum Gasteiger partial charge on any atom is -0.328 e. The Bertz CT molecular complexity index is 83.9. The fourth-order valence-electron chi connectivity index (χ4n) is 1.00. The first kappa shape index (κ1) is 12.3. The van der Waals surface area contributed by atoms with Crippen molar-refractivity contribution in [3.05, 3.63) is 0 Å². The van der Waals surface area contributed by atoms with Crippen molar-refractivity contribution in [3.63, 3.8) is 0 Å². The zero-order valence-corrected chi connectivity index (χ0v) is 9.33. The maximum absolute atomic E-state index is 5.64. The Morgan fingerprint density at radius 1 is 1.17 bits per heavy atom. The van der Waals surface area contributed by atoms with Gasteiger partial charge in [0.1, 0.15) is 0 Å². The first-order chi connectivity index (χ1) is 5.77. The fraction of sp³-hybridized carbons (Fsp3) is 1.00. The van der Waals surface area contributed by atoms with Crippen LogP contribution < -0.4 is 5.73 Å². The van der Waals surface area contributed by atoms with Crippen LogP contribution in [0.25, 0.3) is 0 Å². The monoisotopic (exact) mass is 189 g/mol. The van der Waals surface area contributed by atoms with Gasteiger partial charge in [-0.1, -0.05) is 26.2 Å². The number of thioether (sulfide) groups is 1. The van der Waals surface area contributed by atoms with Gasteiger partial charge < -0.3 is 5.73 Å². The summed E-state index contributed by atoms with van der Waals surface area (Å²) in [5.74, 6) is 2.57. The molecule has 12 heavy (non-hydrogen) atoms. The second-order valence-electron chi connectivity index (χ2n) is 3.44. The van der Waals surface area contributed by atoms with Gasteiger partial charge in [0.15, 0.2) is 0 Å². The van der Waals surface area contributed by atoms with Gasteiger partial charge in [0, 0.05) is 6.04 Å². The van der Waals surface area contributed by atoms with Gasteiger partial charge in [0.05, 0.1) is 0 Å². The number of unbranched alkanes of at least 4 members (excludes halogenated alkanes) is 3. The van der Waals surface area contributed by atoms with Crippen molar-refractivity contribution in [1.29, 1.82) is 0 Å². The molecular formula is C10H23NS. The SMILES string of the molecule is CCCCCCSCCC(C)N. The highest BCUT2D eigenvalue weighted by atomic mass is 32.2. The van der Waals surface area contributed by atoms with Crippen LogP contribution in [-0.2, 0) is 0 Å². The molecular weight excluding hydrogens is 166 g/mol. The summed E-state index contributed by atoms with van der Waals surface area (Å²) in [5.41, 5.74) is 5.64. The van der Waals surface area contributed by atoms with E-state index < -0.39 is 0 Å². The molecule has 0 aliphatic rings. The molecule has 1 unspecified atom stereocenters. The molecule has 0 aliphatic carbocycles. The van der Waals surface area contributed by atoms with Gasteiger partial charge >= 0.3 is 0 Å². The topological polar surface area (TPSA) is 26.0 Å². The standard InChI is InChI=1S/C10H23NS/c1-3-4-5-6-8-12-9-7-10(2)11/h10H,3-9,11H2,1-2H3. The van der Waals surface area contributed by atoms with E-state index in [0.717, 1.165) is 0 Å². The van der Waals surface area contributed by atoms with Crippen LogP contribution >= 0.6 is 11.8 Å². The van der Waals surface area contributed by atoms with Gasteiger partial charge in [0.2, 0.25) is 0 Å². The van der Waals surface area contributed by atoms with E-state index in [1.54, 1.807) is 0 Å². The molecule has 0 aromatic rings. The third kappa shape index (κ3) is 10.3. The molecule has 0 aromatic carbocycles. The predicted molar refractivity (Wildman–Crippen MR) is 59.7 cm³/mol. The molecule has 0 radical (unpaired) electrons. The van der Waals surface area contributed by atoms with E-state index in [4.69, 9.17) is 5.73 Å². The van der Waals surface area contributed by atoms with Crippen molar-refractivity contribution >= 4 is 11.8 Å². The summed E-state index contributed by atoms with van der Waals surface area (Å²) in [6.45, 7) is 4.33. The number of hydrogen-bond donors (Lipinski definition) is 1. The lowest BCUT2D eigenvalue weighted by Gasteiger charge is -2.03. The Morgan fingerprint density at radius 3 is 2.50 bits per heavy atom. The lowest BCUT2D eigenvalue weighted by atomic mass is 10.2. The van der Waals surface area contributed by atoms with Crippen LogP contribution in [0.3, 0.4) is 0 Å². The molecule has 0 bridgehead atoms. The van der Waals surface area contributed by atoms with E-state index >= 15 is 0 Å². The molecule has 0 fully saturated rings. The van der Waals surface area contributed by atoms with Gasteiger partial charge in [-0.25, -0.2) is 0 Å². The van der Waals surface area contributed by atoms with Gasteiger partial charge in [0.25, 0.3) is 0 Å². The lowest BCUT2D eigenvalue weighted by molar-refractivity contribution is 0.703. The second kappa shape index (κ2) is 9.40. The third-order valence-corrected chi connectivity index (χ3v) is 2.96. The summed E-state index contributed by atoms with van der Waals surface area (Å²) < 4.78 is 0. The number of rotatable bonds is 8. The molecule has 2 N–H and O–H groups in total. The van der Waals surface area contributed by atoms with E-state index in [-0.39, 0.29) is 0 Å². The molecule has 74 valence electrons. The average Bonchev–Trinajstić information content (AvgIpc) is 2.02. The molecule has 0 aromatic heterocycles. The van der Waals surface area contributed by atoms with Gasteiger partial charge in [-0.05, 0) is 31.3 Å². The summed E-state index contributed by atoms with van der Waals surface area (Å²) in [7, 11) is 0. The summed E-state index contributed by atoms with van der Waals surface area (Å²) >= 11 is 2.05. The van der Waals surface area contributed by atoms with E-state index in [1.807, 2.05) is 0 Å². The molecule has 0 heterocycles. The second-order valence-corrected chi connectivity index (χ2v) is 4.66. The Labute approximate surface area is 81.5 Å². The normalized spacial score (nSPS) is 13.2. The van der Waals surface area contributed by atoms with E-state index in [9.17, 15) is 0 Å². The highest BCUT2D eigenvalue weighted by Gasteiger charge is 1.94. The molecule has 0 saturated heterocycles. The summed E-state index contributed by atoms with van der Waals surface area (Å²) in [5, 5.41) is 0. The highest BCUT2D eigenvalue weighted by Crippen LogP contribution is 2.09. The molecule has 1 nitrogen and oxygen atoms in total. The van der Waals surface area contributed by atoms with E-state index in [2.05, 4.69) is 25.6 Å². The smallest absolute Gasteiger partial charge is 0.00183 e. The van der Waals surface area contributed by atoms with Crippen LogP contribution in [0.2, 0.25) is 0 Å². The van der Waals surface area contributed by atoms with Crippen LogP contribution in [0.1, 0.15) is 46.0 Å². The number of nitrogens with two attached hydrogens (primary N) is 1. The first-order valence-corrected chi connectivity index (χ1v) is 6.26. The van der Waals surface area contributed by atoms with Crippen molar-refractivity contribution < 1.29 is 0 Å². The summed E-state index contributed by atoms with van der Waals surface area (Å²) in [6, 6.07) is 0.383. The van der Waals surface area contributed by atoms with Gasteiger partial charge in [-0.2, -0.15) is 11.8 Å².